The molecule has 0 radical (unpaired) electrons. The van der Waals surface area contributed by atoms with Crippen molar-refractivity contribution in [3.63, 3.8) is 0 Å². The quantitative estimate of drug-likeness (QED) is 0.802. The maximum atomic E-state index is 12.9. The third-order valence-electron chi connectivity index (χ3n) is 5.12. The van der Waals surface area contributed by atoms with Gasteiger partial charge in [0.15, 0.2) is 0 Å². The van der Waals surface area contributed by atoms with Crippen LogP contribution in [-0.4, -0.2) is 50.9 Å². The Labute approximate surface area is 125 Å². The number of carbonyl (C=O) groups is 2. The molecule has 5 heteroatoms. The van der Waals surface area contributed by atoms with Gasteiger partial charge in [0.1, 0.15) is 6.04 Å². The van der Waals surface area contributed by atoms with Crippen LogP contribution in [0.3, 0.4) is 0 Å². The lowest BCUT2D eigenvalue weighted by Gasteiger charge is -2.35. The summed E-state index contributed by atoms with van der Waals surface area (Å²) in [6.07, 6.45) is 6.20. The zero-order valence-corrected chi connectivity index (χ0v) is 13.2. The Morgan fingerprint density at radius 2 is 2.15 bits per heavy atom. The summed E-state index contributed by atoms with van der Waals surface area (Å²) in [6.45, 7) is 4.94. The van der Waals surface area contributed by atoms with E-state index in [2.05, 4.69) is 13.8 Å². The zero-order chi connectivity index (χ0) is 14.3. The summed E-state index contributed by atoms with van der Waals surface area (Å²) < 4.78 is 0. The van der Waals surface area contributed by atoms with E-state index in [1.165, 1.54) is 12.8 Å². The topological polar surface area (TPSA) is 40.6 Å². The number of rotatable bonds is 3. The molecular weight excluding hydrogens is 272 g/mol. The van der Waals surface area contributed by atoms with E-state index in [9.17, 15) is 9.59 Å². The summed E-state index contributed by atoms with van der Waals surface area (Å²) in [5.41, 5.74) is 0. The third kappa shape index (κ3) is 2.14. The molecule has 4 nitrogen and oxygen atoms in total. The first-order valence-electron chi connectivity index (χ1n) is 7.83. The van der Waals surface area contributed by atoms with Crippen LogP contribution in [0.2, 0.25) is 0 Å². The minimum atomic E-state index is -0.222. The molecule has 20 heavy (non-hydrogen) atoms. The average molecular weight is 296 g/mol. The molecule has 0 aromatic heterocycles. The van der Waals surface area contributed by atoms with Crippen LogP contribution in [0.4, 0.5) is 0 Å². The van der Waals surface area contributed by atoms with Crippen molar-refractivity contribution in [1.29, 1.82) is 0 Å². The van der Waals surface area contributed by atoms with Crippen molar-refractivity contribution in [2.24, 2.45) is 0 Å². The van der Waals surface area contributed by atoms with Gasteiger partial charge in [0.2, 0.25) is 11.8 Å². The summed E-state index contributed by atoms with van der Waals surface area (Å²) >= 11 is 1.78. The molecule has 0 aromatic carbocycles. The Morgan fingerprint density at radius 3 is 2.80 bits per heavy atom. The van der Waals surface area contributed by atoms with E-state index >= 15 is 0 Å². The van der Waals surface area contributed by atoms with Crippen molar-refractivity contribution in [3.05, 3.63) is 0 Å². The lowest BCUT2D eigenvalue weighted by molar-refractivity contribution is -0.145. The molecule has 1 aliphatic carbocycles. The van der Waals surface area contributed by atoms with E-state index in [0.717, 1.165) is 31.6 Å². The van der Waals surface area contributed by atoms with Crippen LogP contribution in [0.25, 0.3) is 0 Å². The SMILES string of the molecule is CCN(C(=O)[C@H]1CS[C@]2(C)CCC(=O)N12)C1CCCC1. The summed E-state index contributed by atoms with van der Waals surface area (Å²) in [6, 6.07) is 0.183. The Kier molecular flexibility index (Phi) is 3.73. The predicted molar refractivity (Wildman–Crippen MR) is 80.4 cm³/mol. The molecule has 0 N–H and O–H groups in total. The van der Waals surface area contributed by atoms with Gasteiger partial charge in [-0.25, -0.2) is 0 Å². The minimum absolute atomic E-state index is 0.132. The molecule has 1 saturated carbocycles. The third-order valence-corrected chi connectivity index (χ3v) is 6.62. The molecule has 2 saturated heterocycles. The first kappa shape index (κ1) is 14.2. The molecule has 0 unspecified atom stereocenters. The van der Waals surface area contributed by atoms with Crippen LogP contribution in [0.5, 0.6) is 0 Å². The monoisotopic (exact) mass is 296 g/mol. The summed E-state index contributed by atoms with van der Waals surface area (Å²) in [7, 11) is 0. The van der Waals surface area contributed by atoms with Gasteiger partial charge in [-0.15, -0.1) is 11.8 Å². The van der Waals surface area contributed by atoms with Crippen LogP contribution < -0.4 is 0 Å². The Morgan fingerprint density at radius 1 is 1.45 bits per heavy atom. The second-order valence-electron chi connectivity index (χ2n) is 6.33. The van der Waals surface area contributed by atoms with Crippen molar-refractivity contribution in [3.8, 4) is 0 Å². The Balaban J connectivity index is 1.78. The van der Waals surface area contributed by atoms with Gasteiger partial charge in [0.25, 0.3) is 0 Å². The number of hydrogen-bond donors (Lipinski definition) is 0. The lowest BCUT2D eigenvalue weighted by Crippen LogP contribution is -2.53. The van der Waals surface area contributed by atoms with Crippen LogP contribution in [0, 0.1) is 0 Å². The molecule has 3 aliphatic rings. The summed E-state index contributed by atoms with van der Waals surface area (Å²) in [5.74, 6) is 1.12. The largest absolute Gasteiger partial charge is 0.338 e. The van der Waals surface area contributed by atoms with Gasteiger partial charge >= 0.3 is 0 Å². The van der Waals surface area contributed by atoms with Crippen LogP contribution >= 0.6 is 11.8 Å². The fraction of sp³-hybridized carbons (Fsp3) is 0.867. The minimum Gasteiger partial charge on any atom is -0.338 e. The summed E-state index contributed by atoms with van der Waals surface area (Å²) in [5, 5.41) is 0. The molecule has 2 heterocycles. The number of amides is 2. The first-order chi connectivity index (χ1) is 9.57. The second kappa shape index (κ2) is 5.24. The number of hydrogen-bond acceptors (Lipinski definition) is 3. The maximum absolute atomic E-state index is 12.9. The normalized spacial score (nSPS) is 33.8. The van der Waals surface area contributed by atoms with Crippen LogP contribution in [-0.2, 0) is 9.59 Å². The van der Waals surface area contributed by atoms with Crippen molar-refractivity contribution in [1.82, 2.24) is 9.80 Å². The Bertz CT molecular complexity index is 422. The molecule has 2 amide bonds. The van der Waals surface area contributed by atoms with E-state index in [1.807, 2.05) is 9.80 Å². The molecule has 0 bridgehead atoms. The average Bonchev–Trinajstić information content (AvgIpc) is 3.10. The van der Waals surface area contributed by atoms with Crippen LogP contribution in [0.1, 0.15) is 52.4 Å². The van der Waals surface area contributed by atoms with E-state index in [-0.39, 0.29) is 22.7 Å². The molecule has 2 aliphatic heterocycles. The lowest BCUT2D eigenvalue weighted by atomic mass is 10.1. The highest BCUT2D eigenvalue weighted by molar-refractivity contribution is 8.01. The van der Waals surface area contributed by atoms with E-state index in [4.69, 9.17) is 0 Å². The molecule has 0 aromatic rings. The fourth-order valence-electron chi connectivity index (χ4n) is 4.00. The van der Waals surface area contributed by atoms with Crippen molar-refractivity contribution < 1.29 is 9.59 Å². The number of likely N-dealkylation sites (N-methyl/N-ethyl adjacent to an activating group) is 1. The molecule has 112 valence electrons. The standard InChI is InChI=1S/C15H24N2O2S/c1-3-16(11-6-4-5-7-11)14(19)12-10-20-15(2)9-8-13(18)17(12)15/h11-12H,3-10H2,1-2H3/t12-,15-/m1/s1. The van der Waals surface area contributed by atoms with E-state index in [1.54, 1.807) is 11.8 Å². The second-order valence-corrected chi connectivity index (χ2v) is 7.83. The first-order valence-corrected chi connectivity index (χ1v) is 8.82. The number of fused-ring (bicyclic) bond motifs is 1. The van der Waals surface area contributed by atoms with Gasteiger partial charge in [-0.05, 0) is 33.1 Å². The van der Waals surface area contributed by atoms with Gasteiger partial charge < -0.3 is 9.80 Å². The molecule has 3 rings (SSSR count). The zero-order valence-electron chi connectivity index (χ0n) is 12.4. The summed E-state index contributed by atoms with van der Waals surface area (Å²) in [4.78, 5) is 28.9. The van der Waals surface area contributed by atoms with Gasteiger partial charge in [0, 0.05) is 24.8 Å². The highest BCUT2D eigenvalue weighted by Crippen LogP contribution is 2.47. The van der Waals surface area contributed by atoms with E-state index in [0.29, 0.717) is 12.5 Å². The number of nitrogens with zero attached hydrogens (tertiary/aromatic N) is 2. The number of thioether (sulfide) groups is 1. The molecular formula is C15H24N2O2S. The number of carbonyl (C=O) groups excluding carboxylic acids is 2. The van der Waals surface area contributed by atoms with Gasteiger partial charge in [-0.2, -0.15) is 0 Å². The van der Waals surface area contributed by atoms with Crippen molar-refractivity contribution in [2.45, 2.75) is 69.3 Å². The highest BCUT2D eigenvalue weighted by Gasteiger charge is 2.53. The van der Waals surface area contributed by atoms with E-state index < -0.39 is 0 Å². The van der Waals surface area contributed by atoms with Gasteiger partial charge in [-0.1, -0.05) is 12.8 Å². The Hall–Kier alpha value is -0.710. The van der Waals surface area contributed by atoms with Crippen LogP contribution in [0.15, 0.2) is 0 Å². The fourth-order valence-corrected chi connectivity index (χ4v) is 5.43. The molecule has 3 fully saturated rings. The van der Waals surface area contributed by atoms with Gasteiger partial charge in [0.05, 0.1) is 4.87 Å². The van der Waals surface area contributed by atoms with Crippen molar-refractivity contribution >= 4 is 23.6 Å². The molecule has 2 atom stereocenters. The highest BCUT2D eigenvalue weighted by atomic mass is 32.2. The van der Waals surface area contributed by atoms with Gasteiger partial charge in [-0.3, -0.25) is 9.59 Å². The maximum Gasteiger partial charge on any atom is 0.246 e. The van der Waals surface area contributed by atoms with Crippen molar-refractivity contribution in [2.75, 3.05) is 12.3 Å². The predicted octanol–water partition coefficient (Wildman–Crippen LogP) is 2.23. The molecule has 0 spiro atoms. The smallest absolute Gasteiger partial charge is 0.246 e.